The fraction of sp³-hybridized carbons (Fsp3) is 0.600. The quantitative estimate of drug-likeness (QED) is 0.868. The summed E-state index contributed by atoms with van der Waals surface area (Å²) >= 11 is 0. The van der Waals surface area contributed by atoms with Gasteiger partial charge in [-0.25, -0.2) is 0 Å². The minimum absolute atomic E-state index is 0.229. The summed E-state index contributed by atoms with van der Waals surface area (Å²) in [6.45, 7) is 11.6. The first kappa shape index (κ1) is 14.2. The Balaban J connectivity index is 2.83. The highest BCUT2D eigenvalue weighted by Gasteiger charge is 2.14. The number of rotatable bonds is 4. The van der Waals surface area contributed by atoms with Gasteiger partial charge in [0.15, 0.2) is 0 Å². The number of benzene rings is 1. The van der Waals surface area contributed by atoms with Crippen molar-refractivity contribution >= 4 is 0 Å². The molecular weight excluding hydrogens is 208 g/mol. The lowest BCUT2D eigenvalue weighted by molar-refractivity contribution is 0.335. The molecule has 2 N–H and O–H groups in total. The maximum atomic E-state index is 5.56. The summed E-state index contributed by atoms with van der Waals surface area (Å²) in [5, 5.41) is 0. The average Bonchev–Trinajstić information content (AvgIpc) is 2.20. The first-order valence-corrected chi connectivity index (χ1v) is 6.33. The van der Waals surface area contributed by atoms with Crippen molar-refractivity contribution in [3.63, 3.8) is 0 Å². The number of aryl methyl sites for hydroxylation is 1. The molecule has 0 saturated heterocycles. The predicted octanol–water partition coefficient (Wildman–Crippen LogP) is 2.68. The summed E-state index contributed by atoms with van der Waals surface area (Å²) in [5.74, 6) is 0. The zero-order chi connectivity index (χ0) is 13.1. The molecule has 0 unspecified atom stereocenters. The van der Waals surface area contributed by atoms with Gasteiger partial charge >= 0.3 is 0 Å². The molecule has 0 aliphatic carbocycles. The van der Waals surface area contributed by atoms with Crippen molar-refractivity contribution in [3.05, 3.63) is 34.9 Å². The smallest absolute Gasteiger partial charge is 0.0233 e. The molecule has 0 atom stereocenters. The van der Waals surface area contributed by atoms with Crippen LogP contribution in [0.15, 0.2) is 18.2 Å². The highest BCUT2D eigenvalue weighted by Crippen LogP contribution is 2.24. The van der Waals surface area contributed by atoms with Crippen molar-refractivity contribution in [1.29, 1.82) is 0 Å². The standard InChI is InChI=1S/C15H26N2/c1-12-10-14(15(2,3)4)7-6-13(12)11-17(5)9-8-16/h6-7,10H,8-9,11,16H2,1-5H3. The van der Waals surface area contributed by atoms with Gasteiger partial charge in [0.1, 0.15) is 0 Å². The number of hydrogen-bond acceptors (Lipinski definition) is 2. The molecule has 0 heterocycles. The number of likely N-dealkylation sites (N-methyl/N-ethyl adjacent to an activating group) is 1. The van der Waals surface area contributed by atoms with Crippen molar-refractivity contribution in [2.24, 2.45) is 5.73 Å². The topological polar surface area (TPSA) is 29.3 Å². The molecule has 1 aromatic rings. The fourth-order valence-corrected chi connectivity index (χ4v) is 1.93. The van der Waals surface area contributed by atoms with Gasteiger partial charge in [-0.2, -0.15) is 0 Å². The van der Waals surface area contributed by atoms with Gasteiger partial charge in [-0.15, -0.1) is 0 Å². The first-order valence-electron chi connectivity index (χ1n) is 6.33. The van der Waals surface area contributed by atoms with Gasteiger partial charge in [0.2, 0.25) is 0 Å². The molecule has 2 heteroatoms. The Hall–Kier alpha value is -0.860. The lowest BCUT2D eigenvalue weighted by Crippen LogP contribution is -2.25. The number of hydrogen-bond donors (Lipinski definition) is 1. The van der Waals surface area contributed by atoms with Gasteiger partial charge in [0, 0.05) is 19.6 Å². The third-order valence-corrected chi connectivity index (χ3v) is 3.16. The lowest BCUT2D eigenvalue weighted by atomic mass is 9.85. The van der Waals surface area contributed by atoms with Crippen LogP contribution in [0, 0.1) is 6.92 Å². The van der Waals surface area contributed by atoms with Crippen LogP contribution in [-0.4, -0.2) is 25.0 Å². The summed E-state index contributed by atoms with van der Waals surface area (Å²) in [6.07, 6.45) is 0. The molecule has 0 aromatic heterocycles. The minimum Gasteiger partial charge on any atom is -0.329 e. The second-order valence-corrected chi connectivity index (χ2v) is 5.92. The Labute approximate surface area is 106 Å². The maximum absolute atomic E-state index is 5.56. The Kier molecular flexibility index (Phi) is 4.72. The molecule has 0 spiro atoms. The van der Waals surface area contributed by atoms with Crippen LogP contribution in [0.1, 0.15) is 37.5 Å². The van der Waals surface area contributed by atoms with E-state index in [1.165, 1.54) is 16.7 Å². The van der Waals surface area contributed by atoms with E-state index >= 15 is 0 Å². The molecular formula is C15H26N2. The molecule has 2 nitrogen and oxygen atoms in total. The molecule has 1 aromatic carbocycles. The molecule has 0 aliphatic rings. The molecule has 0 fully saturated rings. The molecule has 0 amide bonds. The second-order valence-electron chi connectivity index (χ2n) is 5.92. The first-order chi connectivity index (χ1) is 7.84. The van der Waals surface area contributed by atoms with Crippen molar-refractivity contribution in [3.8, 4) is 0 Å². The Morgan fingerprint density at radius 1 is 1.24 bits per heavy atom. The van der Waals surface area contributed by atoms with Gasteiger partial charge in [-0.05, 0) is 36.1 Å². The van der Waals surface area contributed by atoms with Gasteiger partial charge < -0.3 is 10.6 Å². The average molecular weight is 234 g/mol. The van der Waals surface area contributed by atoms with Crippen molar-refractivity contribution in [1.82, 2.24) is 4.90 Å². The van der Waals surface area contributed by atoms with Crippen LogP contribution in [0.25, 0.3) is 0 Å². The molecule has 0 saturated carbocycles. The van der Waals surface area contributed by atoms with E-state index in [0.717, 1.165) is 19.6 Å². The summed E-state index contributed by atoms with van der Waals surface area (Å²) in [7, 11) is 2.12. The zero-order valence-electron chi connectivity index (χ0n) is 11.9. The molecule has 1 rings (SSSR count). The Morgan fingerprint density at radius 2 is 1.88 bits per heavy atom. The fourth-order valence-electron chi connectivity index (χ4n) is 1.93. The molecule has 17 heavy (non-hydrogen) atoms. The second kappa shape index (κ2) is 5.65. The van der Waals surface area contributed by atoms with Crippen LogP contribution < -0.4 is 5.73 Å². The van der Waals surface area contributed by atoms with Crippen LogP contribution in [0.2, 0.25) is 0 Å². The van der Waals surface area contributed by atoms with E-state index in [4.69, 9.17) is 5.73 Å². The van der Waals surface area contributed by atoms with E-state index in [-0.39, 0.29) is 5.41 Å². The van der Waals surface area contributed by atoms with Gasteiger partial charge in [0.05, 0.1) is 0 Å². The highest BCUT2D eigenvalue weighted by atomic mass is 15.1. The van der Waals surface area contributed by atoms with Gasteiger partial charge in [-0.3, -0.25) is 0 Å². The summed E-state index contributed by atoms with van der Waals surface area (Å²) in [4.78, 5) is 2.26. The summed E-state index contributed by atoms with van der Waals surface area (Å²) < 4.78 is 0. The van der Waals surface area contributed by atoms with Crippen LogP contribution >= 0.6 is 0 Å². The van der Waals surface area contributed by atoms with Crippen LogP contribution in [0.5, 0.6) is 0 Å². The van der Waals surface area contributed by atoms with Crippen molar-refractivity contribution in [2.45, 2.75) is 39.7 Å². The van der Waals surface area contributed by atoms with E-state index < -0.39 is 0 Å². The molecule has 0 aliphatic heterocycles. The van der Waals surface area contributed by atoms with Gasteiger partial charge in [-0.1, -0.05) is 39.0 Å². The Bertz CT molecular complexity index is 364. The molecule has 96 valence electrons. The number of nitrogens with two attached hydrogens (primary N) is 1. The third-order valence-electron chi connectivity index (χ3n) is 3.16. The summed E-state index contributed by atoms with van der Waals surface area (Å²) in [5.41, 5.74) is 9.97. The maximum Gasteiger partial charge on any atom is 0.0233 e. The summed E-state index contributed by atoms with van der Waals surface area (Å²) in [6, 6.07) is 6.81. The van der Waals surface area contributed by atoms with E-state index in [1.807, 2.05) is 0 Å². The third kappa shape index (κ3) is 4.14. The van der Waals surface area contributed by atoms with E-state index in [2.05, 4.69) is 57.8 Å². The monoisotopic (exact) mass is 234 g/mol. The van der Waals surface area contributed by atoms with Crippen LogP contribution in [-0.2, 0) is 12.0 Å². The molecule has 0 bridgehead atoms. The zero-order valence-corrected chi connectivity index (χ0v) is 11.9. The van der Waals surface area contributed by atoms with Crippen LogP contribution in [0.3, 0.4) is 0 Å². The molecule has 0 radical (unpaired) electrons. The Morgan fingerprint density at radius 3 is 2.35 bits per heavy atom. The largest absolute Gasteiger partial charge is 0.329 e. The van der Waals surface area contributed by atoms with E-state index in [1.54, 1.807) is 0 Å². The SMILES string of the molecule is Cc1cc(C(C)(C)C)ccc1CN(C)CCN. The van der Waals surface area contributed by atoms with Crippen molar-refractivity contribution in [2.75, 3.05) is 20.1 Å². The van der Waals surface area contributed by atoms with E-state index in [0.29, 0.717) is 0 Å². The van der Waals surface area contributed by atoms with Gasteiger partial charge in [0.25, 0.3) is 0 Å². The normalized spacial score (nSPS) is 12.2. The minimum atomic E-state index is 0.229. The number of nitrogens with zero attached hydrogens (tertiary/aromatic N) is 1. The predicted molar refractivity (Wildman–Crippen MR) is 75.3 cm³/mol. The highest BCUT2D eigenvalue weighted by molar-refractivity contribution is 5.34. The van der Waals surface area contributed by atoms with E-state index in [9.17, 15) is 0 Å². The van der Waals surface area contributed by atoms with Crippen LogP contribution in [0.4, 0.5) is 0 Å². The van der Waals surface area contributed by atoms with Crippen molar-refractivity contribution < 1.29 is 0 Å². The lowest BCUT2D eigenvalue weighted by Gasteiger charge is -2.22.